The quantitative estimate of drug-likeness (QED) is 0.351. The van der Waals surface area contributed by atoms with Gasteiger partial charge in [-0.2, -0.15) is 0 Å². The molecule has 6 heteroatoms. The average Bonchev–Trinajstić information content (AvgIpc) is 3.25. The van der Waals surface area contributed by atoms with E-state index in [0.717, 1.165) is 17.8 Å². The first-order valence-corrected chi connectivity index (χ1v) is 9.30. The second-order valence-electron chi connectivity index (χ2n) is 7.37. The lowest BCUT2D eigenvalue weighted by Gasteiger charge is -2.26. The summed E-state index contributed by atoms with van der Waals surface area (Å²) in [5.74, 6) is 3.13. The number of nitrogens with one attached hydrogen (secondary N) is 4. The van der Waals surface area contributed by atoms with E-state index in [0.29, 0.717) is 28.2 Å². The monoisotopic (exact) mass is 336 g/mol. The number of hydrazine groups is 1. The zero-order valence-corrected chi connectivity index (χ0v) is 14.3. The Morgan fingerprint density at radius 1 is 0.818 bits per heavy atom. The maximum atomic E-state index is 5.38. The van der Waals surface area contributed by atoms with Crippen LogP contribution in [0.2, 0.25) is 0 Å². The van der Waals surface area contributed by atoms with Crippen molar-refractivity contribution in [1.29, 1.82) is 0 Å². The molecule has 120 valence electrons. The molecule has 0 saturated heterocycles. The number of hydrogen-bond donors (Lipinski definition) is 4. The van der Waals surface area contributed by atoms with Crippen LogP contribution in [0.15, 0.2) is 12.2 Å². The van der Waals surface area contributed by atoms with Crippen LogP contribution in [0.4, 0.5) is 0 Å². The molecule has 0 spiro atoms. The lowest BCUT2D eigenvalue weighted by atomic mass is 9.96. The number of fused-ring (bicyclic) bond motifs is 4. The molecular formula is C16H24N4S2. The first-order chi connectivity index (χ1) is 10.7. The molecule has 0 aromatic carbocycles. The molecule has 0 unspecified atom stereocenters. The molecule has 4 bridgehead atoms. The van der Waals surface area contributed by atoms with E-state index in [2.05, 4.69) is 33.6 Å². The fraction of sp³-hybridized carbons (Fsp3) is 0.750. The van der Waals surface area contributed by atoms with Gasteiger partial charge in [-0.25, -0.2) is 0 Å². The van der Waals surface area contributed by atoms with Gasteiger partial charge in [0.15, 0.2) is 10.2 Å². The van der Waals surface area contributed by atoms with Crippen LogP contribution in [0.25, 0.3) is 0 Å². The average molecular weight is 337 g/mol. The van der Waals surface area contributed by atoms with Gasteiger partial charge in [0.1, 0.15) is 0 Å². The predicted octanol–water partition coefficient (Wildman–Crippen LogP) is 1.98. The molecule has 4 aliphatic carbocycles. The molecule has 0 aromatic rings. The molecule has 0 aliphatic heterocycles. The van der Waals surface area contributed by atoms with Gasteiger partial charge < -0.3 is 10.6 Å². The topological polar surface area (TPSA) is 48.1 Å². The van der Waals surface area contributed by atoms with Gasteiger partial charge in [-0.3, -0.25) is 10.9 Å². The standard InChI is InChI=1S/C16H24N4S2/c21-15(17-13-7-9-1-3-11(13)5-9)19-20-16(22)18-14-8-10-2-4-12(14)6-10/h1,3,9-14H,2,4-8H2,(H2,17,19,21)(H2,18,20,22)/t9-,10+,11-,12+,13+,14-/m0/s1. The molecule has 4 aliphatic rings. The normalized spacial score (nSPS) is 40.7. The largest absolute Gasteiger partial charge is 0.358 e. The first-order valence-electron chi connectivity index (χ1n) is 8.48. The lowest BCUT2D eigenvalue weighted by molar-refractivity contribution is 0.388. The van der Waals surface area contributed by atoms with Crippen molar-refractivity contribution >= 4 is 34.7 Å². The Morgan fingerprint density at radius 3 is 2.14 bits per heavy atom. The van der Waals surface area contributed by atoms with E-state index in [9.17, 15) is 0 Å². The zero-order valence-electron chi connectivity index (χ0n) is 12.7. The molecule has 3 fully saturated rings. The van der Waals surface area contributed by atoms with Gasteiger partial charge in [-0.15, -0.1) is 0 Å². The number of thiocarbonyl (C=S) groups is 2. The Hall–Kier alpha value is -0.880. The van der Waals surface area contributed by atoms with Gasteiger partial charge in [0, 0.05) is 12.1 Å². The van der Waals surface area contributed by atoms with E-state index in [1.165, 1.54) is 38.5 Å². The van der Waals surface area contributed by atoms with Crippen LogP contribution < -0.4 is 21.5 Å². The Kier molecular flexibility index (Phi) is 3.98. The van der Waals surface area contributed by atoms with E-state index in [-0.39, 0.29) is 0 Å². The van der Waals surface area contributed by atoms with Crippen LogP contribution in [0, 0.1) is 23.7 Å². The summed E-state index contributed by atoms with van der Waals surface area (Å²) in [4.78, 5) is 0. The van der Waals surface area contributed by atoms with Crippen molar-refractivity contribution in [1.82, 2.24) is 21.5 Å². The molecule has 3 saturated carbocycles. The summed E-state index contributed by atoms with van der Waals surface area (Å²) < 4.78 is 0. The fourth-order valence-electron chi connectivity index (χ4n) is 4.89. The van der Waals surface area contributed by atoms with Crippen LogP contribution in [0.5, 0.6) is 0 Å². The van der Waals surface area contributed by atoms with E-state index >= 15 is 0 Å². The summed E-state index contributed by atoms with van der Waals surface area (Å²) in [5.41, 5.74) is 6.06. The van der Waals surface area contributed by atoms with Crippen LogP contribution in [-0.4, -0.2) is 22.3 Å². The van der Waals surface area contributed by atoms with Crippen molar-refractivity contribution in [3.63, 3.8) is 0 Å². The lowest BCUT2D eigenvalue weighted by Crippen LogP contribution is -2.54. The minimum absolute atomic E-state index is 0.476. The maximum absolute atomic E-state index is 5.38. The Labute approximate surface area is 142 Å². The van der Waals surface area contributed by atoms with Gasteiger partial charge in [-0.05, 0) is 80.2 Å². The van der Waals surface area contributed by atoms with Crippen molar-refractivity contribution in [2.45, 2.75) is 50.6 Å². The summed E-state index contributed by atoms with van der Waals surface area (Å²) in [6, 6.07) is 1.03. The van der Waals surface area contributed by atoms with Crippen LogP contribution in [-0.2, 0) is 0 Å². The van der Waals surface area contributed by atoms with Crippen LogP contribution in [0.3, 0.4) is 0 Å². The highest BCUT2D eigenvalue weighted by molar-refractivity contribution is 7.80. The smallest absolute Gasteiger partial charge is 0.185 e. The van der Waals surface area contributed by atoms with E-state index < -0.39 is 0 Å². The summed E-state index contributed by atoms with van der Waals surface area (Å²) in [7, 11) is 0. The molecule has 6 atom stereocenters. The SMILES string of the molecule is S=C(NNC(=S)N[C@@H]1C[C@H]2C=C[C@H]1C2)N[C@H]1C[C@@H]2CC[C@@H]1C2. The second-order valence-corrected chi connectivity index (χ2v) is 8.18. The third-order valence-electron chi connectivity index (χ3n) is 5.94. The highest BCUT2D eigenvalue weighted by atomic mass is 32.1. The highest BCUT2D eigenvalue weighted by Crippen LogP contribution is 2.44. The van der Waals surface area contributed by atoms with Gasteiger partial charge in [0.2, 0.25) is 0 Å². The molecule has 22 heavy (non-hydrogen) atoms. The van der Waals surface area contributed by atoms with Crippen LogP contribution in [0.1, 0.15) is 38.5 Å². The minimum atomic E-state index is 0.476. The summed E-state index contributed by atoms with van der Waals surface area (Å²) >= 11 is 10.7. The fourth-order valence-corrected chi connectivity index (χ4v) is 5.30. The summed E-state index contributed by atoms with van der Waals surface area (Å²) in [6.07, 6.45) is 12.5. The second kappa shape index (κ2) is 5.96. The van der Waals surface area contributed by atoms with Crippen molar-refractivity contribution in [2.75, 3.05) is 0 Å². The van der Waals surface area contributed by atoms with Gasteiger partial charge in [0.05, 0.1) is 0 Å². The Morgan fingerprint density at radius 2 is 1.59 bits per heavy atom. The molecule has 0 heterocycles. The summed E-state index contributed by atoms with van der Waals surface area (Å²) in [6.45, 7) is 0. The van der Waals surface area contributed by atoms with Crippen molar-refractivity contribution in [3.8, 4) is 0 Å². The van der Waals surface area contributed by atoms with Crippen molar-refractivity contribution < 1.29 is 0 Å². The third kappa shape index (κ3) is 2.95. The van der Waals surface area contributed by atoms with Gasteiger partial charge in [-0.1, -0.05) is 18.6 Å². The molecule has 4 N–H and O–H groups in total. The first kappa shape index (κ1) is 14.7. The van der Waals surface area contributed by atoms with Crippen molar-refractivity contribution in [3.05, 3.63) is 12.2 Å². The van der Waals surface area contributed by atoms with E-state index in [1.807, 2.05) is 0 Å². The maximum Gasteiger partial charge on any atom is 0.185 e. The number of hydrogen-bond acceptors (Lipinski definition) is 2. The molecule has 4 nitrogen and oxygen atoms in total. The highest BCUT2D eigenvalue weighted by Gasteiger charge is 2.39. The molecular weight excluding hydrogens is 312 g/mol. The van der Waals surface area contributed by atoms with E-state index in [1.54, 1.807) is 0 Å². The number of rotatable bonds is 2. The van der Waals surface area contributed by atoms with Crippen LogP contribution >= 0.6 is 24.4 Å². The van der Waals surface area contributed by atoms with Crippen molar-refractivity contribution in [2.24, 2.45) is 23.7 Å². The Bertz CT molecular complexity index is 506. The number of allylic oxidation sites excluding steroid dienone is 1. The summed E-state index contributed by atoms with van der Waals surface area (Å²) in [5, 5.41) is 8.15. The predicted molar refractivity (Wildman–Crippen MR) is 96.1 cm³/mol. The van der Waals surface area contributed by atoms with Gasteiger partial charge in [0.25, 0.3) is 0 Å². The van der Waals surface area contributed by atoms with E-state index in [4.69, 9.17) is 24.4 Å². The Balaban J connectivity index is 1.17. The molecule has 0 radical (unpaired) electrons. The van der Waals surface area contributed by atoms with Gasteiger partial charge >= 0.3 is 0 Å². The molecule has 4 rings (SSSR count). The third-order valence-corrected chi connectivity index (χ3v) is 6.38. The molecule has 0 aromatic heterocycles. The zero-order chi connectivity index (χ0) is 15.1. The minimum Gasteiger partial charge on any atom is -0.358 e. The molecule has 0 amide bonds.